The molecule has 0 nitrogen and oxygen atoms in total. The number of rotatable bonds is 4. The molecule has 1 aliphatic carbocycles. The molecule has 0 aromatic rings. The van der Waals surface area contributed by atoms with Gasteiger partial charge in [-0.25, -0.2) is 0 Å². The van der Waals surface area contributed by atoms with E-state index in [0.717, 1.165) is 5.92 Å². The largest absolute Gasteiger partial charge is 0.0859 e. The van der Waals surface area contributed by atoms with E-state index in [1.165, 1.54) is 36.8 Å². The van der Waals surface area contributed by atoms with E-state index in [0.29, 0.717) is 0 Å². The van der Waals surface area contributed by atoms with Crippen molar-refractivity contribution in [2.24, 2.45) is 5.92 Å². The molecule has 0 saturated heterocycles. The molecule has 15 heavy (non-hydrogen) atoms. The summed E-state index contributed by atoms with van der Waals surface area (Å²) in [6.07, 6.45) is 12.0. The van der Waals surface area contributed by atoms with Gasteiger partial charge in [-0.1, -0.05) is 41.9 Å². The molecule has 0 spiro atoms. The van der Waals surface area contributed by atoms with Gasteiger partial charge in [-0.2, -0.15) is 0 Å². The third-order valence-corrected chi connectivity index (χ3v) is 3.18. The lowest BCUT2D eigenvalue weighted by molar-refractivity contribution is 0.590. The molecular formula is C15H24. The van der Waals surface area contributed by atoms with Gasteiger partial charge in [0.05, 0.1) is 0 Å². The zero-order valence-corrected chi connectivity index (χ0v) is 10.6. The van der Waals surface area contributed by atoms with Crippen LogP contribution in [-0.2, 0) is 0 Å². The third kappa shape index (κ3) is 4.51. The summed E-state index contributed by atoms with van der Waals surface area (Å²) >= 11 is 0. The van der Waals surface area contributed by atoms with Crippen LogP contribution in [-0.4, -0.2) is 0 Å². The summed E-state index contributed by atoms with van der Waals surface area (Å²) in [5.41, 5.74) is 4.61. The van der Waals surface area contributed by atoms with Crippen molar-refractivity contribution in [1.82, 2.24) is 0 Å². The maximum absolute atomic E-state index is 2.36. The minimum Gasteiger partial charge on any atom is -0.0859 e. The van der Waals surface area contributed by atoms with Crippen molar-refractivity contribution in [2.75, 3.05) is 0 Å². The summed E-state index contributed by atoms with van der Waals surface area (Å²) in [6.45, 7) is 8.94. The maximum atomic E-state index is 2.36. The predicted octanol–water partition coefficient (Wildman–Crippen LogP) is 5.04. The Hall–Kier alpha value is -0.780. The lowest BCUT2D eigenvalue weighted by atomic mass is 9.88. The Morgan fingerprint density at radius 2 is 2.07 bits per heavy atom. The first kappa shape index (κ1) is 12.3. The van der Waals surface area contributed by atoms with Crippen LogP contribution in [0.25, 0.3) is 0 Å². The Morgan fingerprint density at radius 1 is 1.33 bits per heavy atom. The van der Waals surface area contributed by atoms with Crippen LogP contribution in [0, 0.1) is 5.92 Å². The number of hydrogen-bond donors (Lipinski definition) is 0. The normalized spacial score (nSPS) is 17.9. The Morgan fingerprint density at radius 3 is 2.60 bits per heavy atom. The summed E-state index contributed by atoms with van der Waals surface area (Å²) in [6, 6.07) is 0. The fourth-order valence-corrected chi connectivity index (χ4v) is 1.98. The molecule has 0 aromatic heterocycles. The van der Waals surface area contributed by atoms with E-state index in [9.17, 15) is 0 Å². The zero-order valence-electron chi connectivity index (χ0n) is 10.6. The molecule has 0 heterocycles. The van der Waals surface area contributed by atoms with Crippen LogP contribution in [0.1, 0.15) is 53.4 Å². The van der Waals surface area contributed by atoms with Gasteiger partial charge in [-0.05, 0) is 52.4 Å². The van der Waals surface area contributed by atoms with Crippen molar-refractivity contribution in [3.05, 3.63) is 34.9 Å². The molecular weight excluding hydrogens is 180 g/mol. The van der Waals surface area contributed by atoms with Crippen molar-refractivity contribution in [1.29, 1.82) is 0 Å². The quantitative estimate of drug-likeness (QED) is 0.563. The van der Waals surface area contributed by atoms with Gasteiger partial charge in [0.15, 0.2) is 0 Å². The molecule has 84 valence electrons. The fraction of sp³-hybridized carbons (Fsp3) is 0.600. The molecule has 0 saturated carbocycles. The van der Waals surface area contributed by atoms with E-state index in [1.807, 2.05) is 0 Å². The summed E-state index contributed by atoms with van der Waals surface area (Å²) in [4.78, 5) is 0. The van der Waals surface area contributed by atoms with E-state index in [2.05, 4.69) is 45.9 Å². The van der Waals surface area contributed by atoms with Crippen LogP contribution in [0.5, 0.6) is 0 Å². The van der Waals surface area contributed by atoms with Crippen molar-refractivity contribution in [3.8, 4) is 0 Å². The van der Waals surface area contributed by atoms with Crippen LogP contribution >= 0.6 is 0 Å². The molecule has 0 amide bonds. The fourth-order valence-electron chi connectivity index (χ4n) is 1.98. The minimum atomic E-state index is 0.755. The van der Waals surface area contributed by atoms with E-state index >= 15 is 0 Å². The van der Waals surface area contributed by atoms with E-state index in [1.54, 1.807) is 5.57 Å². The van der Waals surface area contributed by atoms with Gasteiger partial charge in [0.2, 0.25) is 0 Å². The van der Waals surface area contributed by atoms with E-state index in [4.69, 9.17) is 0 Å². The van der Waals surface area contributed by atoms with Crippen molar-refractivity contribution in [3.63, 3.8) is 0 Å². The summed E-state index contributed by atoms with van der Waals surface area (Å²) < 4.78 is 0. The first-order chi connectivity index (χ1) is 7.09. The highest BCUT2D eigenvalue weighted by Gasteiger charge is 2.10. The minimum absolute atomic E-state index is 0.755. The second-order valence-corrected chi connectivity index (χ2v) is 5.01. The lowest BCUT2D eigenvalue weighted by Gasteiger charge is -2.18. The Kier molecular flexibility index (Phi) is 4.87. The van der Waals surface area contributed by atoms with Crippen LogP contribution in [0.15, 0.2) is 34.9 Å². The first-order valence-electron chi connectivity index (χ1n) is 6.09. The molecule has 0 fully saturated rings. The second-order valence-electron chi connectivity index (χ2n) is 5.01. The van der Waals surface area contributed by atoms with E-state index < -0.39 is 0 Å². The molecule has 1 atom stereocenters. The van der Waals surface area contributed by atoms with Gasteiger partial charge in [0, 0.05) is 0 Å². The van der Waals surface area contributed by atoms with Crippen molar-refractivity contribution in [2.45, 2.75) is 53.4 Å². The summed E-state index contributed by atoms with van der Waals surface area (Å²) in [7, 11) is 0. The third-order valence-electron chi connectivity index (χ3n) is 3.18. The molecule has 0 aliphatic heterocycles. The average molecular weight is 204 g/mol. The van der Waals surface area contributed by atoms with Gasteiger partial charge in [0.25, 0.3) is 0 Å². The summed E-state index contributed by atoms with van der Waals surface area (Å²) in [5, 5.41) is 0. The van der Waals surface area contributed by atoms with Crippen molar-refractivity contribution >= 4 is 0 Å². The zero-order chi connectivity index (χ0) is 11.3. The van der Waals surface area contributed by atoms with Crippen LogP contribution in [0.2, 0.25) is 0 Å². The summed E-state index contributed by atoms with van der Waals surface area (Å²) in [5.74, 6) is 0.755. The molecule has 1 rings (SSSR count). The molecule has 0 unspecified atom stereocenters. The highest BCUT2D eigenvalue weighted by atomic mass is 14.2. The van der Waals surface area contributed by atoms with Gasteiger partial charge in [0.1, 0.15) is 0 Å². The van der Waals surface area contributed by atoms with Gasteiger partial charge < -0.3 is 0 Å². The average Bonchev–Trinajstić information content (AvgIpc) is 2.18. The molecule has 1 aliphatic rings. The first-order valence-corrected chi connectivity index (χ1v) is 6.09. The Bertz CT molecular complexity index is 285. The number of hydrogen-bond acceptors (Lipinski definition) is 0. The molecule has 0 heteroatoms. The van der Waals surface area contributed by atoms with Gasteiger partial charge >= 0.3 is 0 Å². The van der Waals surface area contributed by atoms with Crippen molar-refractivity contribution < 1.29 is 0 Å². The lowest BCUT2D eigenvalue weighted by Crippen LogP contribution is -2.02. The number of allylic oxidation sites excluding steroid dienone is 6. The highest BCUT2D eigenvalue weighted by Crippen LogP contribution is 2.26. The Balaban J connectivity index is 2.41. The smallest absolute Gasteiger partial charge is 0.0225 e. The van der Waals surface area contributed by atoms with E-state index in [-0.39, 0.29) is 0 Å². The van der Waals surface area contributed by atoms with Crippen LogP contribution in [0.4, 0.5) is 0 Å². The maximum Gasteiger partial charge on any atom is -0.0225 e. The standard InChI is InChI=1S/C15H24/c1-12(2)6-5-7-14(4)15-10-8-13(3)9-11-15/h6,8,10,14H,5,7,9,11H2,1-4H3/t14-/m0/s1. The predicted molar refractivity (Wildman–Crippen MR) is 68.9 cm³/mol. The van der Waals surface area contributed by atoms with Crippen LogP contribution < -0.4 is 0 Å². The molecule has 0 radical (unpaired) electrons. The molecule has 0 aromatic carbocycles. The highest BCUT2D eigenvalue weighted by molar-refractivity contribution is 5.24. The topological polar surface area (TPSA) is 0 Å². The monoisotopic (exact) mass is 204 g/mol. The second kappa shape index (κ2) is 5.95. The molecule has 0 N–H and O–H groups in total. The molecule has 0 bridgehead atoms. The van der Waals surface area contributed by atoms with Gasteiger partial charge in [-0.15, -0.1) is 0 Å². The SMILES string of the molecule is CC(C)=CCC[C@H](C)C1=CC=C(C)CC1. The van der Waals surface area contributed by atoms with Crippen LogP contribution in [0.3, 0.4) is 0 Å². The Labute approximate surface area is 94.8 Å². The van der Waals surface area contributed by atoms with Gasteiger partial charge in [-0.3, -0.25) is 0 Å².